The van der Waals surface area contributed by atoms with Crippen LogP contribution in [-0.2, 0) is 18.3 Å². The number of hydrogen-bond acceptors (Lipinski definition) is 3. The molecule has 0 unspecified atom stereocenters. The molecule has 1 saturated carbocycles. The van der Waals surface area contributed by atoms with Crippen LogP contribution in [0.25, 0.3) is 0 Å². The first kappa shape index (κ1) is 17.9. The Labute approximate surface area is 152 Å². The van der Waals surface area contributed by atoms with Gasteiger partial charge in [0.2, 0.25) is 0 Å². The first-order chi connectivity index (χ1) is 12.2. The predicted molar refractivity (Wildman–Crippen MR) is 102 cm³/mol. The van der Waals surface area contributed by atoms with Gasteiger partial charge < -0.3 is 10.6 Å². The molecule has 0 aliphatic heterocycles. The Balaban J connectivity index is 1.49. The number of halogens is 1. The number of hydrogen-bond donors (Lipinski definition) is 2. The van der Waals surface area contributed by atoms with Crippen molar-refractivity contribution in [2.75, 3.05) is 20.1 Å². The highest BCUT2D eigenvalue weighted by molar-refractivity contribution is 7.11. The molecular weight excluding hydrogens is 335 g/mol. The Kier molecular flexibility index (Phi) is 5.68. The Morgan fingerprint density at radius 2 is 2.12 bits per heavy atom. The van der Waals surface area contributed by atoms with E-state index in [0.29, 0.717) is 6.54 Å². The van der Waals surface area contributed by atoms with E-state index in [1.807, 2.05) is 18.3 Å². The van der Waals surface area contributed by atoms with Crippen molar-refractivity contribution in [2.45, 2.75) is 38.0 Å². The highest BCUT2D eigenvalue weighted by atomic mass is 32.1. The molecule has 6 heteroatoms. The quantitative estimate of drug-likeness (QED) is 0.588. The second-order valence-corrected chi connectivity index (χ2v) is 7.64. The van der Waals surface area contributed by atoms with E-state index >= 15 is 0 Å². The van der Waals surface area contributed by atoms with Gasteiger partial charge in [-0.1, -0.05) is 25.1 Å². The van der Waals surface area contributed by atoms with E-state index < -0.39 is 0 Å². The summed E-state index contributed by atoms with van der Waals surface area (Å²) in [6, 6.07) is 7.09. The molecule has 1 fully saturated rings. The summed E-state index contributed by atoms with van der Waals surface area (Å²) in [5, 5.41) is 7.82. The number of nitrogens with zero attached hydrogens (tertiary/aromatic N) is 2. The zero-order chi connectivity index (χ0) is 17.7. The van der Waals surface area contributed by atoms with E-state index in [9.17, 15) is 4.39 Å². The number of rotatable bonds is 7. The molecule has 0 atom stereocenters. The van der Waals surface area contributed by atoms with Crippen molar-refractivity contribution in [3.8, 4) is 0 Å². The minimum atomic E-state index is -0.111. The van der Waals surface area contributed by atoms with Crippen molar-refractivity contribution >= 4 is 17.3 Å². The second kappa shape index (κ2) is 7.95. The lowest BCUT2D eigenvalue weighted by molar-refractivity contribution is 0.559. The van der Waals surface area contributed by atoms with Crippen molar-refractivity contribution in [2.24, 2.45) is 4.99 Å². The van der Waals surface area contributed by atoms with Crippen LogP contribution in [0.4, 0.5) is 4.39 Å². The Bertz CT molecular complexity index is 737. The van der Waals surface area contributed by atoms with Gasteiger partial charge in [-0.2, -0.15) is 0 Å². The predicted octanol–water partition coefficient (Wildman–Crippen LogP) is 3.28. The fraction of sp³-hybridized carbons (Fsp3) is 0.474. The molecule has 2 N–H and O–H groups in total. The Hall–Kier alpha value is -1.95. The maximum atomic E-state index is 14.1. The van der Waals surface area contributed by atoms with Crippen LogP contribution >= 0.6 is 11.3 Å². The zero-order valence-corrected chi connectivity index (χ0v) is 15.6. The van der Waals surface area contributed by atoms with Crippen LogP contribution in [0.2, 0.25) is 0 Å². The number of guanidine groups is 1. The average Bonchev–Trinajstić information content (AvgIpc) is 3.27. The van der Waals surface area contributed by atoms with E-state index in [-0.39, 0.29) is 11.2 Å². The molecule has 1 aromatic carbocycles. The van der Waals surface area contributed by atoms with Gasteiger partial charge in [-0.15, -0.1) is 11.3 Å². The highest BCUT2D eigenvalue weighted by Gasteiger charge is 2.45. The third-order valence-corrected chi connectivity index (χ3v) is 5.90. The van der Waals surface area contributed by atoms with Crippen molar-refractivity contribution in [3.05, 3.63) is 51.7 Å². The molecule has 0 spiro atoms. The van der Waals surface area contributed by atoms with Gasteiger partial charge >= 0.3 is 0 Å². The maximum absolute atomic E-state index is 14.1. The van der Waals surface area contributed by atoms with Crippen LogP contribution in [-0.4, -0.2) is 31.1 Å². The average molecular weight is 361 g/mol. The number of thiazole rings is 1. The largest absolute Gasteiger partial charge is 0.356 e. The van der Waals surface area contributed by atoms with Gasteiger partial charge in [-0.05, 0) is 30.9 Å². The minimum absolute atomic E-state index is 0.0890. The summed E-state index contributed by atoms with van der Waals surface area (Å²) in [6.45, 7) is 3.62. The lowest BCUT2D eigenvalue weighted by Gasteiger charge is -2.19. The lowest BCUT2D eigenvalue weighted by atomic mass is 9.95. The molecule has 134 valence electrons. The van der Waals surface area contributed by atoms with Crippen LogP contribution in [0.3, 0.4) is 0 Å². The molecule has 25 heavy (non-hydrogen) atoms. The SMILES string of the molecule is CCc1cnc(CCNC(=NC)NCC2(c3ccccc3F)CC2)s1. The van der Waals surface area contributed by atoms with E-state index in [2.05, 4.69) is 27.5 Å². The smallest absolute Gasteiger partial charge is 0.191 e. The summed E-state index contributed by atoms with van der Waals surface area (Å²) >= 11 is 1.77. The van der Waals surface area contributed by atoms with E-state index in [4.69, 9.17) is 0 Å². The molecule has 1 heterocycles. The topological polar surface area (TPSA) is 49.3 Å². The summed E-state index contributed by atoms with van der Waals surface area (Å²) in [5.74, 6) is 0.648. The fourth-order valence-corrected chi connectivity index (χ4v) is 3.83. The molecule has 1 aliphatic rings. The fourth-order valence-electron chi connectivity index (χ4n) is 2.97. The minimum Gasteiger partial charge on any atom is -0.356 e. The first-order valence-corrected chi connectivity index (χ1v) is 9.61. The van der Waals surface area contributed by atoms with Crippen LogP contribution < -0.4 is 10.6 Å². The summed E-state index contributed by atoms with van der Waals surface area (Å²) in [7, 11) is 1.76. The molecule has 0 bridgehead atoms. The van der Waals surface area contributed by atoms with E-state index in [1.165, 1.54) is 4.88 Å². The summed E-state index contributed by atoms with van der Waals surface area (Å²) in [5.41, 5.74) is 0.724. The third kappa shape index (κ3) is 4.37. The Morgan fingerprint density at radius 3 is 2.76 bits per heavy atom. The highest BCUT2D eigenvalue weighted by Crippen LogP contribution is 2.48. The van der Waals surface area contributed by atoms with Gasteiger partial charge in [0.1, 0.15) is 5.82 Å². The van der Waals surface area contributed by atoms with Gasteiger partial charge in [-0.25, -0.2) is 9.37 Å². The first-order valence-electron chi connectivity index (χ1n) is 8.80. The van der Waals surface area contributed by atoms with Crippen molar-refractivity contribution in [3.63, 3.8) is 0 Å². The standard InChI is InChI=1S/C19H25FN4S/c1-3-14-12-23-17(25-14)8-11-22-18(21-2)24-13-19(9-10-19)15-6-4-5-7-16(15)20/h4-7,12H,3,8-11,13H2,1-2H3,(H2,21,22,24). The molecule has 1 aliphatic carbocycles. The lowest BCUT2D eigenvalue weighted by Crippen LogP contribution is -2.42. The van der Waals surface area contributed by atoms with Crippen molar-refractivity contribution < 1.29 is 4.39 Å². The molecule has 3 rings (SSSR count). The number of aromatic nitrogens is 1. The summed E-state index contributed by atoms with van der Waals surface area (Å²) < 4.78 is 14.1. The summed E-state index contributed by atoms with van der Waals surface area (Å²) in [4.78, 5) is 10.0. The second-order valence-electron chi connectivity index (χ2n) is 6.44. The molecule has 0 radical (unpaired) electrons. The van der Waals surface area contributed by atoms with Gasteiger partial charge in [0, 0.05) is 43.0 Å². The maximum Gasteiger partial charge on any atom is 0.191 e. The number of aryl methyl sites for hydroxylation is 1. The number of aliphatic imine (C=N–C) groups is 1. The normalized spacial score (nSPS) is 15.9. The molecular formula is C19H25FN4S. The zero-order valence-electron chi connectivity index (χ0n) is 14.8. The molecule has 4 nitrogen and oxygen atoms in total. The van der Waals surface area contributed by atoms with Gasteiger partial charge in [0.15, 0.2) is 5.96 Å². The van der Waals surface area contributed by atoms with Crippen molar-refractivity contribution in [1.29, 1.82) is 0 Å². The van der Waals surface area contributed by atoms with E-state index in [1.54, 1.807) is 30.5 Å². The molecule has 0 saturated heterocycles. The monoisotopic (exact) mass is 360 g/mol. The molecule has 0 amide bonds. The summed E-state index contributed by atoms with van der Waals surface area (Å²) in [6.07, 6.45) is 5.89. The van der Waals surface area contributed by atoms with Crippen LogP contribution in [0.5, 0.6) is 0 Å². The number of benzene rings is 1. The van der Waals surface area contributed by atoms with Crippen molar-refractivity contribution in [1.82, 2.24) is 15.6 Å². The molecule has 1 aromatic heterocycles. The van der Waals surface area contributed by atoms with E-state index in [0.717, 1.165) is 48.8 Å². The van der Waals surface area contributed by atoms with Crippen LogP contribution in [0.15, 0.2) is 35.5 Å². The number of nitrogens with one attached hydrogen (secondary N) is 2. The van der Waals surface area contributed by atoms with Crippen LogP contribution in [0.1, 0.15) is 35.2 Å². The van der Waals surface area contributed by atoms with Gasteiger partial charge in [-0.3, -0.25) is 4.99 Å². The van der Waals surface area contributed by atoms with Gasteiger partial charge in [0.25, 0.3) is 0 Å². The van der Waals surface area contributed by atoms with Gasteiger partial charge in [0.05, 0.1) is 5.01 Å². The van der Waals surface area contributed by atoms with Crippen LogP contribution in [0, 0.1) is 5.82 Å². The molecule has 2 aromatic rings. The third-order valence-electron chi connectivity index (χ3n) is 4.70. The Morgan fingerprint density at radius 1 is 1.32 bits per heavy atom.